The highest BCUT2D eigenvalue weighted by Gasteiger charge is 2.15. The van der Waals surface area contributed by atoms with E-state index in [1.54, 1.807) is 7.11 Å². The number of para-hydroxylation sites is 2. The van der Waals surface area contributed by atoms with Crippen LogP contribution in [0, 0.1) is 0 Å². The number of ether oxygens (including phenoxy) is 1. The molecule has 0 saturated heterocycles. The third-order valence-corrected chi connectivity index (χ3v) is 2.82. The van der Waals surface area contributed by atoms with Crippen molar-refractivity contribution in [1.82, 2.24) is 0 Å². The zero-order valence-corrected chi connectivity index (χ0v) is 8.62. The van der Waals surface area contributed by atoms with Gasteiger partial charge in [0.2, 0.25) is 0 Å². The molecule has 2 heteroatoms. The van der Waals surface area contributed by atoms with Crippen LogP contribution in [-0.2, 0) is 0 Å². The van der Waals surface area contributed by atoms with Crippen molar-refractivity contribution in [3.63, 3.8) is 0 Å². The Bertz CT molecular complexity index is 292. The molecule has 2 nitrogen and oxygen atoms in total. The van der Waals surface area contributed by atoms with Crippen LogP contribution in [0.3, 0.4) is 0 Å². The van der Waals surface area contributed by atoms with E-state index in [0.717, 1.165) is 11.4 Å². The van der Waals surface area contributed by atoms with E-state index < -0.39 is 0 Å². The fraction of sp³-hybridized carbons (Fsp3) is 0.500. The standard InChI is InChI=1S/C12H17NO/c1-14-12-9-5-4-8-11(12)13-10-6-2-3-7-10/h4-5,8-10,13H,2-3,6-7H2,1H3. The Kier molecular flexibility index (Phi) is 2.92. The Morgan fingerprint density at radius 3 is 2.64 bits per heavy atom. The van der Waals surface area contributed by atoms with Gasteiger partial charge >= 0.3 is 0 Å². The summed E-state index contributed by atoms with van der Waals surface area (Å²) in [6, 6.07) is 8.76. The van der Waals surface area contributed by atoms with Gasteiger partial charge in [-0.25, -0.2) is 0 Å². The molecular formula is C12H17NO. The van der Waals surface area contributed by atoms with Crippen LogP contribution >= 0.6 is 0 Å². The number of methoxy groups -OCH3 is 1. The van der Waals surface area contributed by atoms with Crippen molar-refractivity contribution in [2.24, 2.45) is 0 Å². The van der Waals surface area contributed by atoms with E-state index in [4.69, 9.17) is 4.74 Å². The quantitative estimate of drug-likeness (QED) is 0.792. The Morgan fingerprint density at radius 2 is 1.93 bits per heavy atom. The lowest BCUT2D eigenvalue weighted by Gasteiger charge is -2.15. The minimum absolute atomic E-state index is 0.645. The summed E-state index contributed by atoms with van der Waals surface area (Å²) in [5.41, 5.74) is 1.13. The van der Waals surface area contributed by atoms with E-state index in [0.29, 0.717) is 6.04 Å². The van der Waals surface area contributed by atoms with Gasteiger partial charge in [0.25, 0.3) is 0 Å². The average molecular weight is 191 g/mol. The summed E-state index contributed by atoms with van der Waals surface area (Å²) < 4.78 is 5.29. The van der Waals surface area contributed by atoms with Crippen LogP contribution in [0.15, 0.2) is 24.3 Å². The Morgan fingerprint density at radius 1 is 1.21 bits per heavy atom. The molecule has 0 unspecified atom stereocenters. The third-order valence-electron chi connectivity index (χ3n) is 2.82. The molecule has 0 atom stereocenters. The molecule has 1 aliphatic rings. The van der Waals surface area contributed by atoms with Crippen LogP contribution in [0.4, 0.5) is 5.69 Å². The lowest BCUT2D eigenvalue weighted by molar-refractivity contribution is 0.416. The lowest BCUT2D eigenvalue weighted by Crippen LogP contribution is -2.14. The summed E-state index contributed by atoms with van der Waals surface area (Å²) in [5.74, 6) is 0.944. The van der Waals surface area contributed by atoms with Gasteiger partial charge in [-0.3, -0.25) is 0 Å². The first-order valence-corrected chi connectivity index (χ1v) is 5.29. The monoisotopic (exact) mass is 191 g/mol. The normalized spacial score (nSPS) is 16.9. The average Bonchev–Trinajstić information content (AvgIpc) is 2.71. The molecule has 1 N–H and O–H groups in total. The summed E-state index contributed by atoms with van der Waals surface area (Å²) in [7, 11) is 1.72. The topological polar surface area (TPSA) is 21.3 Å². The van der Waals surface area contributed by atoms with Crippen LogP contribution in [-0.4, -0.2) is 13.2 Å². The molecule has 1 saturated carbocycles. The van der Waals surface area contributed by atoms with Gasteiger partial charge in [-0.15, -0.1) is 0 Å². The summed E-state index contributed by atoms with van der Waals surface area (Å²) >= 11 is 0. The number of rotatable bonds is 3. The van der Waals surface area contributed by atoms with Gasteiger partial charge in [0.1, 0.15) is 5.75 Å². The van der Waals surface area contributed by atoms with Crippen molar-refractivity contribution in [2.75, 3.05) is 12.4 Å². The highest BCUT2D eigenvalue weighted by atomic mass is 16.5. The first kappa shape index (κ1) is 9.38. The van der Waals surface area contributed by atoms with Gasteiger partial charge in [0, 0.05) is 6.04 Å². The fourth-order valence-corrected chi connectivity index (χ4v) is 2.05. The molecule has 0 aromatic heterocycles. The minimum atomic E-state index is 0.645. The number of hydrogen-bond acceptors (Lipinski definition) is 2. The maximum atomic E-state index is 5.29. The molecule has 0 aliphatic heterocycles. The summed E-state index contributed by atoms with van der Waals surface area (Å²) in [6.07, 6.45) is 5.29. The molecule has 2 rings (SSSR count). The van der Waals surface area contributed by atoms with E-state index in [1.807, 2.05) is 18.2 Å². The highest BCUT2D eigenvalue weighted by Crippen LogP contribution is 2.28. The van der Waals surface area contributed by atoms with E-state index in [-0.39, 0.29) is 0 Å². The molecule has 0 bridgehead atoms. The Balaban J connectivity index is 2.07. The first-order valence-electron chi connectivity index (χ1n) is 5.29. The minimum Gasteiger partial charge on any atom is -0.495 e. The van der Waals surface area contributed by atoms with Crippen LogP contribution < -0.4 is 10.1 Å². The zero-order valence-electron chi connectivity index (χ0n) is 8.62. The van der Waals surface area contributed by atoms with Crippen LogP contribution in [0.25, 0.3) is 0 Å². The molecule has 1 fully saturated rings. The van der Waals surface area contributed by atoms with E-state index in [9.17, 15) is 0 Å². The van der Waals surface area contributed by atoms with Crippen molar-refractivity contribution < 1.29 is 4.74 Å². The Labute approximate surface area is 85.3 Å². The van der Waals surface area contributed by atoms with Gasteiger partial charge in [0.15, 0.2) is 0 Å². The number of benzene rings is 1. The Hall–Kier alpha value is -1.18. The van der Waals surface area contributed by atoms with Gasteiger partial charge in [-0.1, -0.05) is 25.0 Å². The summed E-state index contributed by atoms with van der Waals surface area (Å²) in [5, 5.41) is 3.54. The second kappa shape index (κ2) is 4.36. The predicted molar refractivity (Wildman–Crippen MR) is 58.9 cm³/mol. The van der Waals surface area contributed by atoms with Crippen LogP contribution in [0.2, 0.25) is 0 Å². The van der Waals surface area contributed by atoms with Gasteiger partial charge in [-0.05, 0) is 25.0 Å². The molecule has 0 spiro atoms. The summed E-state index contributed by atoms with van der Waals surface area (Å²) in [6.45, 7) is 0. The van der Waals surface area contributed by atoms with E-state index >= 15 is 0 Å². The molecule has 76 valence electrons. The van der Waals surface area contributed by atoms with Crippen molar-refractivity contribution in [3.05, 3.63) is 24.3 Å². The van der Waals surface area contributed by atoms with Gasteiger partial charge in [0.05, 0.1) is 12.8 Å². The molecule has 0 heterocycles. The number of hydrogen-bond donors (Lipinski definition) is 1. The van der Waals surface area contributed by atoms with Crippen molar-refractivity contribution in [2.45, 2.75) is 31.7 Å². The maximum absolute atomic E-state index is 5.29. The SMILES string of the molecule is COc1ccccc1NC1CCCC1. The van der Waals surface area contributed by atoms with Crippen molar-refractivity contribution in [1.29, 1.82) is 0 Å². The lowest BCUT2D eigenvalue weighted by atomic mass is 10.2. The second-order valence-electron chi connectivity index (χ2n) is 3.83. The first-order chi connectivity index (χ1) is 6.90. The second-order valence-corrected chi connectivity index (χ2v) is 3.83. The van der Waals surface area contributed by atoms with Crippen molar-refractivity contribution >= 4 is 5.69 Å². The van der Waals surface area contributed by atoms with Crippen molar-refractivity contribution in [3.8, 4) is 5.75 Å². The van der Waals surface area contributed by atoms with E-state index in [2.05, 4.69) is 11.4 Å². The number of nitrogens with one attached hydrogen (secondary N) is 1. The largest absolute Gasteiger partial charge is 0.495 e. The molecule has 1 aromatic rings. The smallest absolute Gasteiger partial charge is 0.141 e. The molecular weight excluding hydrogens is 174 g/mol. The molecule has 0 amide bonds. The summed E-state index contributed by atoms with van der Waals surface area (Å²) in [4.78, 5) is 0. The molecule has 1 aromatic carbocycles. The third kappa shape index (κ3) is 2.00. The fourth-order valence-electron chi connectivity index (χ4n) is 2.05. The zero-order chi connectivity index (χ0) is 9.80. The van der Waals surface area contributed by atoms with Gasteiger partial charge < -0.3 is 10.1 Å². The molecule has 0 radical (unpaired) electrons. The number of anilines is 1. The highest BCUT2D eigenvalue weighted by molar-refractivity contribution is 5.56. The van der Waals surface area contributed by atoms with Crippen LogP contribution in [0.1, 0.15) is 25.7 Å². The predicted octanol–water partition coefficient (Wildman–Crippen LogP) is 3.05. The van der Waals surface area contributed by atoms with Gasteiger partial charge in [-0.2, -0.15) is 0 Å². The van der Waals surface area contributed by atoms with Crippen LogP contribution in [0.5, 0.6) is 5.75 Å². The maximum Gasteiger partial charge on any atom is 0.141 e. The molecule has 1 aliphatic carbocycles. The molecule has 14 heavy (non-hydrogen) atoms. The van der Waals surface area contributed by atoms with E-state index in [1.165, 1.54) is 25.7 Å².